The molecule has 0 aliphatic carbocycles. The van der Waals surface area contributed by atoms with Crippen molar-refractivity contribution in [3.05, 3.63) is 0 Å². The molecule has 3 nitrogen and oxygen atoms in total. The minimum Gasteiger partial charge on any atom is -0.468 e. The zero-order valence-electron chi connectivity index (χ0n) is 6.19. The van der Waals surface area contributed by atoms with Crippen LogP contribution in [0.1, 0.15) is 6.92 Å². The van der Waals surface area contributed by atoms with Gasteiger partial charge < -0.3 is 10.1 Å². The van der Waals surface area contributed by atoms with E-state index in [0.29, 0.717) is 6.54 Å². The molecule has 0 bridgehead atoms. The zero-order valence-corrected chi connectivity index (χ0v) is 7.77. The molecule has 0 aromatic carbocycles. The summed E-state index contributed by atoms with van der Waals surface area (Å²) >= 11 is 3.17. The summed E-state index contributed by atoms with van der Waals surface area (Å²) in [5, 5.41) is 3.02. The van der Waals surface area contributed by atoms with Crippen LogP contribution in [0.2, 0.25) is 0 Å². The van der Waals surface area contributed by atoms with Gasteiger partial charge in [-0.2, -0.15) is 0 Å². The molecule has 0 aliphatic heterocycles. The second kappa shape index (κ2) is 5.68. The van der Waals surface area contributed by atoms with Gasteiger partial charge in [-0.1, -0.05) is 22.9 Å². The van der Waals surface area contributed by atoms with E-state index in [1.54, 1.807) is 0 Å². The third kappa shape index (κ3) is 3.85. The predicted octanol–water partition coefficient (Wildman–Crippen LogP) is 0.532. The maximum atomic E-state index is 10.7. The highest BCUT2D eigenvalue weighted by Gasteiger charge is 2.12. The van der Waals surface area contributed by atoms with Crippen LogP contribution in [0.15, 0.2) is 0 Å². The van der Waals surface area contributed by atoms with Gasteiger partial charge in [0.2, 0.25) is 0 Å². The number of methoxy groups -OCH3 is 1. The number of halogens is 1. The average Bonchev–Trinajstić information content (AvgIpc) is 1.98. The predicted molar refractivity (Wildman–Crippen MR) is 43.3 cm³/mol. The minimum absolute atomic E-state index is 0.225. The van der Waals surface area contributed by atoms with Crippen molar-refractivity contribution in [2.45, 2.75) is 11.8 Å². The van der Waals surface area contributed by atoms with Gasteiger partial charge in [0.1, 0.15) is 4.83 Å². The van der Waals surface area contributed by atoms with Crippen LogP contribution in [0.5, 0.6) is 0 Å². The van der Waals surface area contributed by atoms with E-state index in [1.165, 1.54) is 7.11 Å². The van der Waals surface area contributed by atoms with Crippen molar-refractivity contribution in [3.8, 4) is 0 Å². The molecule has 10 heavy (non-hydrogen) atoms. The van der Waals surface area contributed by atoms with Gasteiger partial charge in [0.05, 0.1) is 7.11 Å². The number of carbonyl (C=O) groups excluding carboxylic acids is 1. The number of rotatable bonds is 4. The third-order valence-electron chi connectivity index (χ3n) is 1.03. The fourth-order valence-corrected chi connectivity index (χ4v) is 0.898. The molecular formula is C6H12BrNO2. The minimum atomic E-state index is -0.235. The molecular weight excluding hydrogens is 198 g/mol. The zero-order chi connectivity index (χ0) is 7.98. The Hall–Kier alpha value is -0.0900. The maximum Gasteiger partial charge on any atom is 0.320 e. The molecule has 0 rings (SSSR count). The molecule has 0 aromatic heterocycles. The molecule has 0 heterocycles. The van der Waals surface area contributed by atoms with Crippen molar-refractivity contribution in [1.29, 1.82) is 0 Å². The number of hydrogen-bond acceptors (Lipinski definition) is 3. The van der Waals surface area contributed by atoms with Gasteiger partial charge in [-0.15, -0.1) is 0 Å². The molecule has 0 saturated heterocycles. The fourth-order valence-electron chi connectivity index (χ4n) is 0.482. The van der Waals surface area contributed by atoms with Crippen molar-refractivity contribution in [2.75, 3.05) is 20.2 Å². The summed E-state index contributed by atoms with van der Waals surface area (Å²) in [7, 11) is 1.38. The Morgan fingerprint density at radius 2 is 2.40 bits per heavy atom. The first-order valence-electron chi connectivity index (χ1n) is 3.15. The molecule has 60 valence electrons. The Kier molecular flexibility index (Phi) is 5.63. The first-order chi connectivity index (χ1) is 4.72. The second-order valence-corrected chi connectivity index (χ2v) is 2.90. The second-order valence-electron chi connectivity index (χ2n) is 1.80. The molecule has 0 radical (unpaired) electrons. The Morgan fingerprint density at radius 3 is 2.80 bits per heavy atom. The van der Waals surface area contributed by atoms with E-state index in [9.17, 15) is 4.79 Å². The summed E-state index contributed by atoms with van der Waals surface area (Å²) in [5.41, 5.74) is 0. The van der Waals surface area contributed by atoms with Crippen molar-refractivity contribution >= 4 is 21.9 Å². The average molecular weight is 210 g/mol. The van der Waals surface area contributed by atoms with E-state index in [1.807, 2.05) is 6.92 Å². The van der Waals surface area contributed by atoms with Crippen LogP contribution >= 0.6 is 15.9 Å². The lowest BCUT2D eigenvalue weighted by Crippen LogP contribution is -2.29. The first-order valence-corrected chi connectivity index (χ1v) is 4.06. The lowest BCUT2D eigenvalue weighted by Gasteiger charge is -2.06. The van der Waals surface area contributed by atoms with Crippen LogP contribution < -0.4 is 5.32 Å². The topological polar surface area (TPSA) is 38.3 Å². The molecule has 1 unspecified atom stereocenters. The van der Waals surface area contributed by atoms with E-state index in [0.717, 1.165) is 6.54 Å². The number of nitrogens with one attached hydrogen (secondary N) is 1. The van der Waals surface area contributed by atoms with E-state index in [4.69, 9.17) is 0 Å². The van der Waals surface area contributed by atoms with E-state index < -0.39 is 0 Å². The Balaban J connectivity index is 3.41. The summed E-state index contributed by atoms with van der Waals surface area (Å²) in [6.45, 7) is 3.46. The first kappa shape index (κ1) is 9.91. The monoisotopic (exact) mass is 209 g/mol. The quantitative estimate of drug-likeness (QED) is 0.543. The summed E-state index contributed by atoms with van der Waals surface area (Å²) in [6, 6.07) is 0. The van der Waals surface area contributed by atoms with Gasteiger partial charge >= 0.3 is 5.97 Å². The van der Waals surface area contributed by atoms with E-state index in [-0.39, 0.29) is 10.8 Å². The van der Waals surface area contributed by atoms with Gasteiger partial charge in [0, 0.05) is 6.54 Å². The molecule has 0 saturated carbocycles. The Bertz CT molecular complexity index is 108. The number of esters is 1. The summed E-state index contributed by atoms with van der Waals surface area (Å²) in [5.74, 6) is -0.235. The normalized spacial score (nSPS) is 12.7. The van der Waals surface area contributed by atoms with Crippen LogP contribution in [0.25, 0.3) is 0 Å². The lowest BCUT2D eigenvalue weighted by molar-refractivity contribution is -0.139. The standard InChI is InChI=1S/C6H12BrNO2/c1-3-8-4-5(7)6(9)10-2/h5,8H,3-4H2,1-2H3. The van der Waals surface area contributed by atoms with Gasteiger partial charge in [-0.05, 0) is 6.54 Å². The number of carbonyl (C=O) groups is 1. The highest BCUT2D eigenvalue weighted by molar-refractivity contribution is 9.10. The smallest absolute Gasteiger partial charge is 0.320 e. The molecule has 0 amide bonds. The lowest BCUT2D eigenvalue weighted by atomic mass is 10.4. The van der Waals surface area contributed by atoms with Crippen LogP contribution in [-0.2, 0) is 9.53 Å². The summed E-state index contributed by atoms with van der Waals surface area (Å²) < 4.78 is 4.48. The van der Waals surface area contributed by atoms with Crippen molar-refractivity contribution in [3.63, 3.8) is 0 Å². The largest absolute Gasteiger partial charge is 0.468 e. The van der Waals surface area contributed by atoms with Gasteiger partial charge in [-0.3, -0.25) is 4.79 Å². The van der Waals surface area contributed by atoms with Crippen molar-refractivity contribution in [2.24, 2.45) is 0 Å². The van der Waals surface area contributed by atoms with Crippen LogP contribution in [0, 0.1) is 0 Å². The maximum absolute atomic E-state index is 10.7. The SMILES string of the molecule is CCNCC(Br)C(=O)OC. The number of ether oxygens (including phenoxy) is 1. The van der Waals surface area contributed by atoms with E-state index in [2.05, 4.69) is 26.0 Å². The summed E-state index contributed by atoms with van der Waals surface area (Å²) in [4.78, 5) is 10.5. The molecule has 0 spiro atoms. The van der Waals surface area contributed by atoms with Gasteiger partial charge in [0.25, 0.3) is 0 Å². The number of alkyl halides is 1. The highest BCUT2D eigenvalue weighted by atomic mass is 79.9. The van der Waals surface area contributed by atoms with Crippen LogP contribution in [-0.4, -0.2) is 31.0 Å². The Labute approximate surface area is 69.3 Å². The molecule has 1 atom stereocenters. The fraction of sp³-hybridized carbons (Fsp3) is 0.833. The highest BCUT2D eigenvalue weighted by Crippen LogP contribution is 1.98. The molecule has 4 heteroatoms. The van der Waals surface area contributed by atoms with Crippen LogP contribution in [0.4, 0.5) is 0 Å². The van der Waals surface area contributed by atoms with E-state index >= 15 is 0 Å². The van der Waals surface area contributed by atoms with Crippen molar-refractivity contribution in [1.82, 2.24) is 5.32 Å². The molecule has 0 aromatic rings. The number of hydrogen-bond donors (Lipinski definition) is 1. The van der Waals surface area contributed by atoms with Crippen molar-refractivity contribution < 1.29 is 9.53 Å². The van der Waals surface area contributed by atoms with Gasteiger partial charge in [0.15, 0.2) is 0 Å². The summed E-state index contributed by atoms with van der Waals surface area (Å²) in [6.07, 6.45) is 0. The third-order valence-corrected chi connectivity index (χ3v) is 1.73. The van der Waals surface area contributed by atoms with Crippen LogP contribution in [0.3, 0.4) is 0 Å². The Morgan fingerprint density at radius 1 is 1.80 bits per heavy atom. The molecule has 0 aliphatic rings. The van der Waals surface area contributed by atoms with Gasteiger partial charge in [-0.25, -0.2) is 0 Å². The molecule has 0 fully saturated rings. The molecule has 1 N–H and O–H groups in total.